The number of carbonyl (C=O) groups excluding carboxylic acids is 3. The van der Waals surface area contributed by atoms with Gasteiger partial charge in [-0.25, -0.2) is 0 Å². The van der Waals surface area contributed by atoms with E-state index in [1.165, 1.54) is 0 Å². The summed E-state index contributed by atoms with van der Waals surface area (Å²) in [6.45, 7) is 1.53. The van der Waals surface area contributed by atoms with Crippen molar-refractivity contribution in [2.24, 2.45) is 0 Å². The van der Waals surface area contributed by atoms with Crippen LogP contribution >= 0.6 is 0 Å². The minimum atomic E-state index is -1.49. The second-order valence-electron chi connectivity index (χ2n) is 11.5. The normalized spacial score (nSPS) is 21.5. The van der Waals surface area contributed by atoms with E-state index in [0.717, 1.165) is 22.6 Å². The van der Waals surface area contributed by atoms with E-state index in [-0.39, 0.29) is 17.6 Å². The lowest BCUT2D eigenvalue weighted by atomic mass is 9.62. The molecular formula is C37H36N2O5. The van der Waals surface area contributed by atoms with Crippen molar-refractivity contribution in [1.82, 2.24) is 9.80 Å². The van der Waals surface area contributed by atoms with Crippen LogP contribution < -0.4 is 9.47 Å². The smallest absolute Gasteiger partial charge is 0.241 e. The Morgan fingerprint density at radius 1 is 0.591 bits per heavy atom. The predicted molar refractivity (Wildman–Crippen MR) is 167 cm³/mol. The van der Waals surface area contributed by atoms with E-state index < -0.39 is 10.8 Å². The number of amides is 2. The first-order valence-electron chi connectivity index (χ1n) is 14.9. The van der Waals surface area contributed by atoms with Crippen molar-refractivity contribution in [3.05, 3.63) is 131 Å². The lowest BCUT2D eigenvalue weighted by Crippen LogP contribution is -2.56. The number of rotatable bonds is 10. The van der Waals surface area contributed by atoms with Gasteiger partial charge in [0.05, 0.1) is 14.2 Å². The minimum absolute atomic E-state index is 0.263. The number of ether oxygens (including phenoxy) is 2. The largest absolute Gasteiger partial charge is 0.497 e. The van der Waals surface area contributed by atoms with Crippen LogP contribution in [-0.2, 0) is 38.3 Å². The van der Waals surface area contributed by atoms with E-state index in [9.17, 15) is 9.59 Å². The lowest BCUT2D eigenvalue weighted by molar-refractivity contribution is -0.146. The van der Waals surface area contributed by atoms with E-state index in [2.05, 4.69) is 0 Å². The molecule has 2 heterocycles. The molecule has 2 aliphatic rings. The van der Waals surface area contributed by atoms with Gasteiger partial charge in [0.2, 0.25) is 11.8 Å². The molecule has 7 nitrogen and oxygen atoms in total. The summed E-state index contributed by atoms with van der Waals surface area (Å²) in [6, 6.07) is 33.7. The molecule has 6 rings (SSSR count). The zero-order chi connectivity index (χ0) is 30.7. The SMILES string of the molecule is COc1ccc(CN2CC[C@@](C(=O)[C@@]3(c4ccccc4)CCN(Cc4ccc(OC)cc4)C3=O)(c3ccccc3)C2=O)cc1. The molecule has 44 heavy (non-hydrogen) atoms. The third-order valence-corrected chi connectivity index (χ3v) is 9.19. The highest BCUT2D eigenvalue weighted by molar-refractivity contribution is 6.25. The summed E-state index contributed by atoms with van der Waals surface area (Å²) < 4.78 is 10.6. The molecule has 0 bridgehead atoms. The molecule has 2 saturated heterocycles. The van der Waals surface area contributed by atoms with Crippen LogP contribution in [0.1, 0.15) is 35.1 Å². The summed E-state index contributed by atoms with van der Waals surface area (Å²) in [5.41, 5.74) is 0.157. The molecule has 0 aliphatic carbocycles. The van der Waals surface area contributed by atoms with Crippen LogP contribution in [-0.4, -0.2) is 54.7 Å². The monoisotopic (exact) mass is 588 g/mol. The average molecular weight is 589 g/mol. The number of likely N-dealkylation sites (tertiary alicyclic amines) is 2. The van der Waals surface area contributed by atoms with E-state index >= 15 is 4.79 Å². The standard InChI is InChI=1S/C37H36N2O5/c1-43-31-17-13-27(14-18-31)25-38-23-21-36(34(38)41,29-9-5-3-6-10-29)33(40)37(30-11-7-4-8-12-30)22-24-39(35(37)42)26-28-15-19-32(44-2)20-16-28/h3-20H,21-26H2,1-2H3/t36-,37-/m0/s1. The molecule has 0 spiro atoms. The van der Waals surface area contributed by atoms with E-state index in [4.69, 9.17) is 9.47 Å². The summed E-state index contributed by atoms with van der Waals surface area (Å²) in [5.74, 6) is 0.604. The Labute approximate surface area is 258 Å². The van der Waals surface area contributed by atoms with Gasteiger partial charge in [-0.15, -0.1) is 0 Å². The molecule has 2 fully saturated rings. The molecule has 2 amide bonds. The summed E-state index contributed by atoms with van der Waals surface area (Å²) in [6.07, 6.45) is 0.594. The van der Waals surface area contributed by atoms with Crippen molar-refractivity contribution in [2.45, 2.75) is 36.8 Å². The predicted octanol–water partition coefficient (Wildman–Crippen LogP) is 5.31. The van der Waals surface area contributed by atoms with E-state index in [1.54, 1.807) is 24.0 Å². The Morgan fingerprint density at radius 3 is 1.30 bits per heavy atom. The van der Waals surface area contributed by atoms with Crippen LogP contribution in [0.15, 0.2) is 109 Å². The van der Waals surface area contributed by atoms with Crippen molar-refractivity contribution in [1.29, 1.82) is 0 Å². The highest BCUT2D eigenvalue weighted by Crippen LogP contribution is 2.48. The molecule has 4 aromatic carbocycles. The fourth-order valence-electron chi connectivity index (χ4n) is 6.80. The molecule has 7 heteroatoms. The van der Waals surface area contributed by atoms with Crippen molar-refractivity contribution in [2.75, 3.05) is 27.3 Å². The van der Waals surface area contributed by atoms with Gasteiger partial charge < -0.3 is 19.3 Å². The summed E-state index contributed by atoms with van der Waals surface area (Å²) in [4.78, 5) is 48.1. The Balaban J connectivity index is 1.40. The second kappa shape index (κ2) is 12.0. The molecule has 0 N–H and O–H groups in total. The Hall–Kier alpha value is -4.91. The molecule has 0 radical (unpaired) electrons. The maximum absolute atomic E-state index is 15.3. The molecule has 4 aromatic rings. The number of methoxy groups -OCH3 is 2. The first kappa shape index (κ1) is 29.2. The minimum Gasteiger partial charge on any atom is -0.497 e. The van der Waals surface area contributed by atoms with Crippen molar-refractivity contribution in [3.63, 3.8) is 0 Å². The number of Topliss-reactive ketones (excluding diaryl/α,β-unsaturated/α-hetero) is 1. The van der Waals surface area contributed by atoms with E-state index in [0.29, 0.717) is 50.1 Å². The first-order chi connectivity index (χ1) is 21.4. The Bertz CT molecular complexity index is 1520. The zero-order valence-electron chi connectivity index (χ0n) is 25.1. The Morgan fingerprint density at radius 2 is 0.955 bits per heavy atom. The van der Waals surface area contributed by atoms with Gasteiger partial charge in [-0.3, -0.25) is 14.4 Å². The van der Waals surface area contributed by atoms with Gasteiger partial charge in [0, 0.05) is 26.2 Å². The molecule has 0 saturated carbocycles. The van der Waals surface area contributed by atoms with Gasteiger partial charge in [-0.05, 0) is 59.4 Å². The molecule has 2 atom stereocenters. The maximum Gasteiger partial charge on any atom is 0.241 e. The number of hydrogen-bond donors (Lipinski definition) is 0. The third kappa shape index (κ3) is 4.92. The fourth-order valence-corrected chi connectivity index (χ4v) is 6.80. The number of carbonyl (C=O) groups is 3. The Kier molecular flexibility index (Phi) is 7.95. The maximum atomic E-state index is 15.3. The molecule has 224 valence electrons. The number of benzene rings is 4. The van der Waals surface area contributed by atoms with Gasteiger partial charge in [0.25, 0.3) is 0 Å². The fraction of sp³-hybridized carbons (Fsp3) is 0.270. The quantitative estimate of drug-likeness (QED) is 0.235. The highest BCUT2D eigenvalue weighted by Gasteiger charge is 2.64. The van der Waals surface area contributed by atoms with Crippen LogP contribution in [0, 0.1) is 0 Å². The van der Waals surface area contributed by atoms with E-state index in [1.807, 2.05) is 109 Å². The third-order valence-electron chi connectivity index (χ3n) is 9.19. The van der Waals surface area contributed by atoms with Crippen LogP contribution in [0.3, 0.4) is 0 Å². The summed E-state index contributed by atoms with van der Waals surface area (Å²) in [7, 11) is 3.23. The summed E-state index contributed by atoms with van der Waals surface area (Å²) >= 11 is 0. The van der Waals surface area contributed by atoms with Crippen LogP contribution in [0.2, 0.25) is 0 Å². The number of hydrogen-bond acceptors (Lipinski definition) is 5. The number of nitrogens with zero attached hydrogens (tertiary/aromatic N) is 2. The van der Waals surface area contributed by atoms with Crippen molar-refractivity contribution >= 4 is 17.6 Å². The van der Waals surface area contributed by atoms with Crippen molar-refractivity contribution < 1.29 is 23.9 Å². The summed E-state index contributed by atoms with van der Waals surface area (Å²) in [5, 5.41) is 0. The van der Waals surface area contributed by atoms with Crippen molar-refractivity contribution in [3.8, 4) is 11.5 Å². The highest BCUT2D eigenvalue weighted by atomic mass is 16.5. The van der Waals surface area contributed by atoms with Gasteiger partial charge in [0.1, 0.15) is 22.3 Å². The van der Waals surface area contributed by atoms with Gasteiger partial charge in [0.15, 0.2) is 5.78 Å². The van der Waals surface area contributed by atoms with Crippen LogP contribution in [0.5, 0.6) is 11.5 Å². The number of ketones is 1. The second-order valence-corrected chi connectivity index (χ2v) is 11.5. The molecular weight excluding hydrogens is 552 g/mol. The lowest BCUT2D eigenvalue weighted by Gasteiger charge is -2.36. The van der Waals surface area contributed by atoms with Gasteiger partial charge >= 0.3 is 0 Å². The van der Waals surface area contributed by atoms with Gasteiger partial charge in [-0.2, -0.15) is 0 Å². The van der Waals surface area contributed by atoms with Gasteiger partial charge in [-0.1, -0.05) is 84.9 Å². The molecule has 0 unspecified atom stereocenters. The molecule has 0 aromatic heterocycles. The van der Waals surface area contributed by atoms with Crippen LogP contribution in [0.4, 0.5) is 0 Å². The van der Waals surface area contributed by atoms with Crippen LogP contribution in [0.25, 0.3) is 0 Å². The topological polar surface area (TPSA) is 76.2 Å². The molecule has 2 aliphatic heterocycles. The average Bonchev–Trinajstić information content (AvgIpc) is 3.59. The zero-order valence-corrected chi connectivity index (χ0v) is 25.1. The first-order valence-corrected chi connectivity index (χ1v) is 14.9.